The maximum Gasteiger partial charge on any atom is 0.282 e. The average molecular weight is 322 g/mol. The van der Waals surface area contributed by atoms with Gasteiger partial charge in [0.25, 0.3) is 5.69 Å². The fourth-order valence-electron chi connectivity index (χ4n) is 1.03. The Hall–Kier alpha value is -0.890. The number of halogens is 1. The third kappa shape index (κ3) is 3.63. The van der Waals surface area contributed by atoms with Crippen LogP contribution in [0.5, 0.6) is 0 Å². The van der Waals surface area contributed by atoms with Crippen molar-refractivity contribution in [1.29, 1.82) is 0 Å². The van der Waals surface area contributed by atoms with Crippen LogP contribution in [-0.4, -0.2) is 22.7 Å². The molecule has 0 heterocycles. The van der Waals surface area contributed by atoms with Gasteiger partial charge in [0, 0.05) is 18.3 Å². The molecular weight excluding hydrogens is 311 g/mol. The third-order valence-electron chi connectivity index (χ3n) is 1.75. The van der Waals surface area contributed by atoms with Crippen LogP contribution in [0.15, 0.2) is 18.2 Å². The maximum atomic E-state index is 10.5. The minimum Gasteiger partial charge on any atom is -0.392 e. The molecule has 5 nitrogen and oxygen atoms in total. The number of nitrogens with one attached hydrogen (secondary N) is 1. The Balaban J connectivity index is 2.78. The smallest absolute Gasteiger partial charge is 0.282 e. The van der Waals surface area contributed by atoms with Crippen LogP contribution in [0.4, 0.5) is 11.4 Å². The van der Waals surface area contributed by atoms with Crippen LogP contribution < -0.4 is 5.32 Å². The summed E-state index contributed by atoms with van der Waals surface area (Å²) in [5.41, 5.74) is 0.865. The van der Waals surface area contributed by atoms with Crippen molar-refractivity contribution >= 4 is 34.0 Å². The zero-order valence-corrected chi connectivity index (χ0v) is 10.3. The standard InChI is InChI=1S/C9H11IN2O3/c1-6(13)5-11-7-2-3-9(12(14)15)8(10)4-7/h2-4,6,11,13H,5H2,1H3. The summed E-state index contributed by atoms with van der Waals surface area (Å²) < 4.78 is 0.577. The lowest BCUT2D eigenvalue weighted by Gasteiger charge is -2.08. The number of hydrogen-bond donors (Lipinski definition) is 2. The molecule has 0 spiro atoms. The molecule has 0 aromatic heterocycles. The van der Waals surface area contributed by atoms with Crippen molar-refractivity contribution < 1.29 is 10.0 Å². The van der Waals surface area contributed by atoms with E-state index in [1.165, 1.54) is 6.07 Å². The summed E-state index contributed by atoms with van der Waals surface area (Å²) in [6.07, 6.45) is -0.446. The van der Waals surface area contributed by atoms with Gasteiger partial charge in [0.15, 0.2) is 0 Å². The van der Waals surface area contributed by atoms with Crippen molar-refractivity contribution in [1.82, 2.24) is 0 Å². The number of rotatable bonds is 4. The molecule has 1 atom stereocenters. The van der Waals surface area contributed by atoms with E-state index in [1.807, 2.05) is 22.6 Å². The van der Waals surface area contributed by atoms with Crippen LogP contribution in [0.2, 0.25) is 0 Å². The predicted molar refractivity (Wildman–Crippen MR) is 66.0 cm³/mol. The van der Waals surface area contributed by atoms with E-state index in [1.54, 1.807) is 19.1 Å². The fourth-order valence-corrected chi connectivity index (χ4v) is 1.74. The van der Waals surface area contributed by atoms with Crippen LogP contribution in [0.25, 0.3) is 0 Å². The van der Waals surface area contributed by atoms with Gasteiger partial charge in [0.05, 0.1) is 14.6 Å². The van der Waals surface area contributed by atoms with E-state index in [-0.39, 0.29) is 5.69 Å². The second kappa shape index (κ2) is 5.26. The lowest BCUT2D eigenvalue weighted by Crippen LogP contribution is -2.15. The van der Waals surface area contributed by atoms with E-state index >= 15 is 0 Å². The molecule has 15 heavy (non-hydrogen) atoms. The van der Waals surface area contributed by atoms with Crippen LogP contribution in [0.3, 0.4) is 0 Å². The molecule has 1 unspecified atom stereocenters. The van der Waals surface area contributed by atoms with Gasteiger partial charge in [-0.2, -0.15) is 0 Å². The Morgan fingerprint density at radius 1 is 1.67 bits per heavy atom. The summed E-state index contributed by atoms with van der Waals surface area (Å²) in [5, 5.41) is 22.6. The Kier molecular flexibility index (Phi) is 4.28. The zero-order chi connectivity index (χ0) is 11.4. The van der Waals surface area contributed by atoms with Crippen LogP contribution in [0.1, 0.15) is 6.92 Å². The summed E-state index contributed by atoms with van der Waals surface area (Å²) in [4.78, 5) is 10.1. The van der Waals surface area contributed by atoms with Gasteiger partial charge < -0.3 is 10.4 Å². The molecule has 0 aliphatic heterocycles. The lowest BCUT2D eigenvalue weighted by molar-refractivity contribution is -0.385. The van der Waals surface area contributed by atoms with E-state index in [9.17, 15) is 10.1 Å². The first-order chi connectivity index (χ1) is 7.00. The molecule has 6 heteroatoms. The number of nitro groups is 1. The molecule has 0 bridgehead atoms. The largest absolute Gasteiger partial charge is 0.392 e. The van der Waals surface area contributed by atoms with Gasteiger partial charge >= 0.3 is 0 Å². The summed E-state index contributed by atoms with van der Waals surface area (Å²) in [6.45, 7) is 2.09. The van der Waals surface area contributed by atoms with Gasteiger partial charge in [-0.05, 0) is 41.6 Å². The van der Waals surface area contributed by atoms with Crippen molar-refractivity contribution in [3.05, 3.63) is 31.9 Å². The number of anilines is 1. The minimum atomic E-state index is -0.446. The molecule has 0 radical (unpaired) electrons. The van der Waals surface area contributed by atoms with Crippen molar-refractivity contribution in [2.24, 2.45) is 0 Å². The second-order valence-electron chi connectivity index (χ2n) is 3.15. The molecule has 0 saturated heterocycles. The number of aliphatic hydroxyl groups is 1. The normalized spacial score (nSPS) is 12.2. The van der Waals surface area contributed by atoms with E-state index in [0.717, 1.165) is 5.69 Å². The minimum absolute atomic E-state index is 0.0956. The van der Waals surface area contributed by atoms with E-state index in [4.69, 9.17) is 5.11 Å². The molecule has 0 aliphatic rings. The quantitative estimate of drug-likeness (QED) is 0.505. The van der Waals surface area contributed by atoms with Gasteiger partial charge in [0.2, 0.25) is 0 Å². The number of nitrogens with zero attached hydrogens (tertiary/aromatic N) is 1. The number of nitro benzene ring substituents is 1. The number of aliphatic hydroxyl groups excluding tert-OH is 1. The van der Waals surface area contributed by atoms with Gasteiger partial charge in [-0.15, -0.1) is 0 Å². The molecule has 2 N–H and O–H groups in total. The third-order valence-corrected chi connectivity index (χ3v) is 2.61. The van der Waals surface area contributed by atoms with Gasteiger partial charge in [-0.1, -0.05) is 0 Å². The van der Waals surface area contributed by atoms with Crippen LogP contribution in [-0.2, 0) is 0 Å². The Morgan fingerprint density at radius 3 is 2.80 bits per heavy atom. The average Bonchev–Trinajstić information content (AvgIpc) is 2.14. The molecule has 0 saturated carbocycles. The van der Waals surface area contributed by atoms with Crippen LogP contribution in [0, 0.1) is 13.7 Å². The lowest BCUT2D eigenvalue weighted by atomic mass is 10.3. The zero-order valence-electron chi connectivity index (χ0n) is 8.11. The highest BCUT2D eigenvalue weighted by Gasteiger charge is 2.11. The first-order valence-electron chi connectivity index (χ1n) is 4.36. The molecule has 82 valence electrons. The molecule has 0 aliphatic carbocycles. The Bertz CT molecular complexity index is 368. The highest BCUT2D eigenvalue weighted by Crippen LogP contribution is 2.23. The first-order valence-corrected chi connectivity index (χ1v) is 5.44. The Morgan fingerprint density at radius 2 is 2.33 bits per heavy atom. The topological polar surface area (TPSA) is 75.4 Å². The molecule has 1 aromatic rings. The highest BCUT2D eigenvalue weighted by molar-refractivity contribution is 14.1. The fraction of sp³-hybridized carbons (Fsp3) is 0.333. The number of hydrogen-bond acceptors (Lipinski definition) is 4. The summed E-state index contributed by atoms with van der Waals surface area (Å²) in [7, 11) is 0. The maximum absolute atomic E-state index is 10.5. The van der Waals surface area contributed by atoms with Gasteiger partial charge in [0.1, 0.15) is 0 Å². The van der Waals surface area contributed by atoms with E-state index < -0.39 is 11.0 Å². The van der Waals surface area contributed by atoms with Gasteiger partial charge in [-0.25, -0.2) is 0 Å². The molecule has 1 rings (SSSR count). The molecular formula is C9H11IN2O3. The molecule has 0 amide bonds. The predicted octanol–water partition coefficient (Wildman–Crippen LogP) is 1.99. The monoisotopic (exact) mass is 322 g/mol. The van der Waals surface area contributed by atoms with Gasteiger partial charge in [-0.3, -0.25) is 10.1 Å². The van der Waals surface area contributed by atoms with Crippen molar-refractivity contribution in [2.75, 3.05) is 11.9 Å². The Labute approximate surface area is 101 Å². The second-order valence-corrected chi connectivity index (χ2v) is 4.32. The SMILES string of the molecule is CC(O)CNc1ccc([N+](=O)[O-])c(I)c1. The van der Waals surface area contributed by atoms with Crippen LogP contribution >= 0.6 is 22.6 Å². The first kappa shape index (κ1) is 12.2. The number of benzene rings is 1. The van der Waals surface area contributed by atoms with Crippen molar-refractivity contribution in [2.45, 2.75) is 13.0 Å². The molecule has 1 aromatic carbocycles. The summed E-state index contributed by atoms with van der Waals surface area (Å²) in [6, 6.07) is 4.76. The highest BCUT2D eigenvalue weighted by atomic mass is 127. The van der Waals surface area contributed by atoms with E-state index in [2.05, 4.69) is 5.32 Å². The van der Waals surface area contributed by atoms with Crippen molar-refractivity contribution in [3.8, 4) is 0 Å². The van der Waals surface area contributed by atoms with Crippen molar-refractivity contribution in [3.63, 3.8) is 0 Å². The summed E-state index contributed by atoms with van der Waals surface area (Å²) in [5.74, 6) is 0. The summed E-state index contributed by atoms with van der Waals surface area (Å²) >= 11 is 1.91. The molecule has 0 fully saturated rings. The van der Waals surface area contributed by atoms with E-state index in [0.29, 0.717) is 10.1 Å².